The van der Waals surface area contributed by atoms with Crippen LogP contribution in [0.5, 0.6) is 5.75 Å². The molecule has 6 nitrogen and oxygen atoms in total. The van der Waals surface area contributed by atoms with Crippen LogP contribution < -0.4 is 14.5 Å². The number of aromatic nitrogens is 1. The fraction of sp³-hybridized carbons (Fsp3) is 0.478. The number of hydrogen-bond donors (Lipinski definition) is 0. The predicted octanol–water partition coefficient (Wildman–Crippen LogP) is 3.68. The van der Waals surface area contributed by atoms with Crippen LogP contribution >= 0.6 is 0 Å². The lowest BCUT2D eigenvalue weighted by molar-refractivity contribution is 0.0741. The van der Waals surface area contributed by atoms with E-state index in [0.717, 1.165) is 56.1 Å². The summed E-state index contributed by atoms with van der Waals surface area (Å²) in [4.78, 5) is 23.9. The molecule has 1 saturated heterocycles. The Hall–Kier alpha value is -2.76. The molecule has 2 aromatic rings. The Kier molecular flexibility index (Phi) is 7.33. The molecular formula is C23H32N4O2. The van der Waals surface area contributed by atoms with E-state index in [4.69, 9.17) is 4.74 Å². The summed E-state index contributed by atoms with van der Waals surface area (Å²) in [6, 6.07) is 12.0. The van der Waals surface area contributed by atoms with Gasteiger partial charge < -0.3 is 19.4 Å². The smallest absolute Gasteiger partial charge is 0.272 e. The van der Waals surface area contributed by atoms with E-state index in [1.54, 1.807) is 13.3 Å². The minimum Gasteiger partial charge on any atom is -0.495 e. The first-order valence-electron chi connectivity index (χ1n) is 10.6. The molecule has 0 N–H and O–H groups in total. The quantitative estimate of drug-likeness (QED) is 0.681. The summed E-state index contributed by atoms with van der Waals surface area (Å²) >= 11 is 0. The number of hydrogen-bond acceptors (Lipinski definition) is 5. The van der Waals surface area contributed by atoms with Gasteiger partial charge in [-0.3, -0.25) is 9.78 Å². The monoisotopic (exact) mass is 396 g/mol. The topological polar surface area (TPSA) is 48.9 Å². The molecule has 0 bridgehead atoms. The number of carbonyl (C=O) groups excluding carboxylic acids is 1. The van der Waals surface area contributed by atoms with Gasteiger partial charge in [-0.25, -0.2) is 0 Å². The van der Waals surface area contributed by atoms with E-state index in [1.807, 2.05) is 35.2 Å². The van der Waals surface area contributed by atoms with Crippen molar-refractivity contribution in [1.82, 2.24) is 9.88 Å². The number of para-hydroxylation sites is 2. The molecule has 1 aliphatic rings. The third kappa shape index (κ3) is 5.00. The molecule has 3 rings (SSSR count). The third-order valence-corrected chi connectivity index (χ3v) is 5.31. The fourth-order valence-corrected chi connectivity index (χ4v) is 3.85. The van der Waals surface area contributed by atoms with Gasteiger partial charge >= 0.3 is 0 Å². The molecule has 0 unspecified atom stereocenters. The highest BCUT2D eigenvalue weighted by Crippen LogP contribution is 2.28. The average Bonchev–Trinajstić information content (AvgIpc) is 2.78. The fourth-order valence-electron chi connectivity index (χ4n) is 3.85. The summed E-state index contributed by atoms with van der Waals surface area (Å²) in [6.45, 7) is 9.25. The summed E-state index contributed by atoms with van der Waals surface area (Å²) < 4.78 is 5.48. The number of anilines is 2. The summed E-state index contributed by atoms with van der Waals surface area (Å²) in [6.07, 6.45) is 3.92. The normalized spacial score (nSPS) is 14.0. The van der Waals surface area contributed by atoms with Crippen molar-refractivity contribution in [1.29, 1.82) is 0 Å². The Morgan fingerprint density at radius 2 is 1.76 bits per heavy atom. The van der Waals surface area contributed by atoms with Gasteiger partial charge in [-0.2, -0.15) is 0 Å². The Morgan fingerprint density at radius 3 is 2.41 bits per heavy atom. The first-order valence-corrected chi connectivity index (χ1v) is 10.6. The van der Waals surface area contributed by atoms with Gasteiger partial charge in [0.25, 0.3) is 5.91 Å². The molecule has 1 aromatic carbocycles. The van der Waals surface area contributed by atoms with Crippen LogP contribution in [0.1, 0.15) is 37.2 Å². The van der Waals surface area contributed by atoms with E-state index < -0.39 is 0 Å². The lowest BCUT2D eigenvalue weighted by Gasteiger charge is -2.36. The second kappa shape index (κ2) is 10.1. The molecule has 2 heterocycles. The first kappa shape index (κ1) is 21.0. The Labute approximate surface area is 174 Å². The van der Waals surface area contributed by atoms with Gasteiger partial charge in [-0.05, 0) is 37.1 Å². The number of methoxy groups -OCH3 is 1. The molecule has 156 valence electrons. The minimum absolute atomic E-state index is 0.0134. The molecule has 1 aromatic heterocycles. The highest BCUT2D eigenvalue weighted by atomic mass is 16.5. The zero-order valence-electron chi connectivity index (χ0n) is 17.8. The molecule has 0 atom stereocenters. The van der Waals surface area contributed by atoms with Crippen molar-refractivity contribution < 1.29 is 9.53 Å². The number of carbonyl (C=O) groups is 1. The molecule has 0 aliphatic carbocycles. The zero-order chi connectivity index (χ0) is 20.6. The van der Waals surface area contributed by atoms with E-state index in [-0.39, 0.29) is 5.91 Å². The maximum Gasteiger partial charge on any atom is 0.272 e. The Balaban J connectivity index is 1.67. The number of rotatable bonds is 8. The maximum absolute atomic E-state index is 13.1. The van der Waals surface area contributed by atoms with Crippen LogP contribution in [-0.2, 0) is 0 Å². The van der Waals surface area contributed by atoms with E-state index in [9.17, 15) is 4.79 Å². The van der Waals surface area contributed by atoms with Crippen molar-refractivity contribution >= 4 is 17.3 Å². The molecule has 1 aliphatic heterocycles. The predicted molar refractivity (Wildman–Crippen MR) is 118 cm³/mol. The summed E-state index contributed by atoms with van der Waals surface area (Å²) in [7, 11) is 1.69. The van der Waals surface area contributed by atoms with Crippen molar-refractivity contribution in [3.05, 3.63) is 48.3 Å². The zero-order valence-corrected chi connectivity index (χ0v) is 17.8. The molecule has 6 heteroatoms. The SMILES string of the molecule is CCCN(CCC)c1ccnc(C(=O)N2CCN(c3ccccc3OC)CC2)c1. The van der Waals surface area contributed by atoms with E-state index in [1.165, 1.54) is 0 Å². The second-order valence-electron chi connectivity index (χ2n) is 7.34. The summed E-state index contributed by atoms with van der Waals surface area (Å²) in [5, 5.41) is 0. The molecule has 1 amide bonds. The van der Waals surface area contributed by atoms with Crippen LogP contribution in [0, 0.1) is 0 Å². The molecule has 1 fully saturated rings. The number of nitrogens with zero attached hydrogens (tertiary/aromatic N) is 4. The van der Waals surface area contributed by atoms with Crippen molar-refractivity contribution in [3.63, 3.8) is 0 Å². The lowest BCUT2D eigenvalue weighted by Crippen LogP contribution is -2.49. The van der Waals surface area contributed by atoms with Crippen molar-refractivity contribution in [2.24, 2.45) is 0 Å². The van der Waals surface area contributed by atoms with E-state index in [0.29, 0.717) is 18.8 Å². The Morgan fingerprint density at radius 1 is 1.07 bits per heavy atom. The number of ether oxygens (including phenoxy) is 1. The van der Waals surface area contributed by atoms with E-state index >= 15 is 0 Å². The van der Waals surface area contributed by atoms with Gasteiger partial charge in [-0.1, -0.05) is 26.0 Å². The molecule has 0 radical (unpaired) electrons. The van der Waals surface area contributed by atoms with Gasteiger partial charge in [0, 0.05) is 51.2 Å². The van der Waals surface area contributed by atoms with Crippen LogP contribution in [0.3, 0.4) is 0 Å². The van der Waals surface area contributed by atoms with Gasteiger partial charge in [0.2, 0.25) is 0 Å². The number of amides is 1. The molecular weight excluding hydrogens is 364 g/mol. The van der Waals surface area contributed by atoms with Crippen molar-refractivity contribution in [2.45, 2.75) is 26.7 Å². The van der Waals surface area contributed by atoms with Gasteiger partial charge in [0.05, 0.1) is 12.8 Å². The van der Waals surface area contributed by atoms with Crippen molar-refractivity contribution in [2.75, 3.05) is 56.2 Å². The van der Waals surface area contributed by atoms with Crippen LogP contribution in [0.4, 0.5) is 11.4 Å². The van der Waals surface area contributed by atoms with Crippen LogP contribution in [-0.4, -0.2) is 62.2 Å². The van der Waals surface area contributed by atoms with E-state index in [2.05, 4.69) is 34.7 Å². The molecule has 0 saturated carbocycles. The average molecular weight is 397 g/mol. The number of piperazine rings is 1. The largest absolute Gasteiger partial charge is 0.495 e. The summed E-state index contributed by atoms with van der Waals surface area (Å²) in [5.41, 5.74) is 2.70. The minimum atomic E-state index is 0.0134. The highest BCUT2D eigenvalue weighted by molar-refractivity contribution is 5.93. The lowest BCUT2D eigenvalue weighted by atomic mass is 10.2. The molecule has 29 heavy (non-hydrogen) atoms. The Bertz CT molecular complexity index is 797. The van der Waals surface area contributed by atoms with Crippen LogP contribution in [0.2, 0.25) is 0 Å². The maximum atomic E-state index is 13.1. The molecule has 0 spiro atoms. The first-order chi connectivity index (χ1) is 14.2. The van der Waals surface area contributed by atoms with Crippen LogP contribution in [0.25, 0.3) is 0 Å². The third-order valence-electron chi connectivity index (χ3n) is 5.31. The summed E-state index contributed by atoms with van der Waals surface area (Å²) in [5.74, 6) is 0.882. The van der Waals surface area contributed by atoms with Crippen molar-refractivity contribution in [3.8, 4) is 5.75 Å². The highest BCUT2D eigenvalue weighted by Gasteiger charge is 2.24. The van der Waals surface area contributed by atoms with Gasteiger partial charge in [0.15, 0.2) is 0 Å². The number of pyridine rings is 1. The second-order valence-corrected chi connectivity index (χ2v) is 7.34. The standard InChI is InChI=1S/C23H32N4O2/c1-4-12-25(13-5-2)19-10-11-24-20(18-19)23(28)27-16-14-26(15-17-27)21-8-6-7-9-22(21)29-3/h6-11,18H,4-5,12-17H2,1-3H3. The van der Waals surface area contributed by atoms with Gasteiger partial charge in [0.1, 0.15) is 11.4 Å². The number of benzene rings is 1. The van der Waals surface area contributed by atoms with Gasteiger partial charge in [-0.15, -0.1) is 0 Å². The van der Waals surface area contributed by atoms with Crippen LogP contribution in [0.15, 0.2) is 42.6 Å².